The highest BCUT2D eigenvalue weighted by Crippen LogP contribution is 2.35. The van der Waals surface area contributed by atoms with Crippen LogP contribution in [0, 0.1) is 0 Å². The van der Waals surface area contributed by atoms with Gasteiger partial charge in [-0.2, -0.15) is 0 Å². The number of hydrogen-bond acceptors (Lipinski definition) is 6. The number of aliphatic hydroxyl groups is 1. The predicted octanol–water partition coefficient (Wildman–Crippen LogP) is 0.481. The summed E-state index contributed by atoms with van der Waals surface area (Å²) in [5.41, 5.74) is 1.08. The molecule has 0 fully saturated rings. The zero-order chi connectivity index (χ0) is 12.4. The van der Waals surface area contributed by atoms with Gasteiger partial charge in [0.15, 0.2) is 0 Å². The van der Waals surface area contributed by atoms with E-state index in [-0.39, 0.29) is 6.61 Å². The molecule has 17 heavy (non-hydrogen) atoms. The lowest BCUT2D eigenvalue weighted by molar-refractivity contribution is -0.147. The average molecular weight is 238 g/mol. The molecule has 92 valence electrons. The normalized spacial score (nSPS) is 21.6. The highest BCUT2D eigenvalue weighted by Gasteiger charge is 2.39. The fraction of sp³-hybridized carbons (Fsp3) is 0.455. The van der Waals surface area contributed by atoms with E-state index in [0.717, 1.165) is 0 Å². The molecule has 2 rings (SSSR count). The third-order valence-electron chi connectivity index (χ3n) is 2.56. The number of nitrogens with one attached hydrogen (secondary N) is 1. The third kappa shape index (κ3) is 2.03. The molecule has 2 unspecified atom stereocenters. The Bertz CT molecular complexity index is 435. The van der Waals surface area contributed by atoms with Gasteiger partial charge >= 0.3 is 5.97 Å². The minimum atomic E-state index is -1.01. The molecule has 0 saturated carbocycles. The lowest BCUT2D eigenvalue weighted by atomic mass is 10.1. The van der Waals surface area contributed by atoms with Crippen molar-refractivity contribution in [3.8, 4) is 5.88 Å². The smallest absolute Gasteiger partial charge is 0.319 e. The number of carbonyl (C=O) groups is 1. The lowest BCUT2D eigenvalue weighted by Gasteiger charge is -2.12. The summed E-state index contributed by atoms with van der Waals surface area (Å²) in [4.78, 5) is 15.9. The largest absolute Gasteiger partial charge is 0.481 e. The van der Waals surface area contributed by atoms with Crippen LogP contribution in [0.3, 0.4) is 0 Å². The van der Waals surface area contributed by atoms with Gasteiger partial charge in [-0.25, -0.2) is 4.98 Å². The summed E-state index contributed by atoms with van der Waals surface area (Å²) in [5, 5.41) is 12.6. The number of methoxy groups -OCH3 is 1. The van der Waals surface area contributed by atoms with Crippen molar-refractivity contribution >= 4 is 11.7 Å². The molecule has 0 aliphatic carbocycles. The maximum absolute atomic E-state index is 11.7. The Balaban J connectivity index is 2.34. The molecule has 2 atom stereocenters. The maximum atomic E-state index is 11.7. The summed E-state index contributed by atoms with van der Waals surface area (Å²) in [5.74, 6) is -0.902. The summed E-state index contributed by atoms with van der Waals surface area (Å²) in [6.07, 6.45) is -1.01. The van der Waals surface area contributed by atoms with Gasteiger partial charge in [-0.15, -0.1) is 0 Å². The van der Waals surface area contributed by atoms with Crippen LogP contribution < -0.4 is 10.1 Å². The molecular weight excluding hydrogens is 224 g/mol. The predicted molar refractivity (Wildman–Crippen MR) is 59.8 cm³/mol. The van der Waals surface area contributed by atoms with E-state index >= 15 is 0 Å². The van der Waals surface area contributed by atoms with Crippen molar-refractivity contribution in [3.05, 3.63) is 17.8 Å². The fourth-order valence-corrected chi connectivity index (χ4v) is 1.79. The zero-order valence-corrected chi connectivity index (χ0v) is 9.64. The Kier molecular flexibility index (Phi) is 3.14. The minimum absolute atomic E-state index is 0.265. The van der Waals surface area contributed by atoms with E-state index in [1.165, 1.54) is 7.11 Å². The van der Waals surface area contributed by atoms with Gasteiger partial charge < -0.3 is 19.9 Å². The van der Waals surface area contributed by atoms with E-state index in [4.69, 9.17) is 9.47 Å². The summed E-state index contributed by atoms with van der Waals surface area (Å²) in [7, 11) is 1.49. The van der Waals surface area contributed by atoms with Gasteiger partial charge in [-0.3, -0.25) is 4.79 Å². The number of anilines is 1. The lowest BCUT2D eigenvalue weighted by Crippen LogP contribution is -2.28. The van der Waals surface area contributed by atoms with Gasteiger partial charge in [0.1, 0.15) is 12.1 Å². The van der Waals surface area contributed by atoms with Crippen molar-refractivity contribution in [1.82, 2.24) is 4.98 Å². The molecule has 1 aromatic rings. The molecule has 1 aromatic heterocycles. The first-order valence-electron chi connectivity index (χ1n) is 5.33. The first kappa shape index (κ1) is 11.7. The summed E-state index contributed by atoms with van der Waals surface area (Å²) >= 11 is 0. The summed E-state index contributed by atoms with van der Waals surface area (Å²) in [6.45, 7) is 1.98. The van der Waals surface area contributed by atoms with E-state index in [9.17, 15) is 9.90 Å². The molecule has 2 N–H and O–H groups in total. The number of carbonyl (C=O) groups excluding carboxylic acids is 1. The van der Waals surface area contributed by atoms with Gasteiger partial charge in [-0.1, -0.05) is 0 Å². The Hall–Kier alpha value is -1.82. The Morgan fingerprint density at radius 3 is 3.00 bits per heavy atom. The quantitative estimate of drug-likeness (QED) is 0.745. The van der Waals surface area contributed by atoms with Crippen LogP contribution in [0.4, 0.5) is 5.69 Å². The van der Waals surface area contributed by atoms with Gasteiger partial charge in [0.05, 0.1) is 25.1 Å². The number of aromatic nitrogens is 1. The molecule has 6 heteroatoms. The first-order valence-corrected chi connectivity index (χ1v) is 5.33. The van der Waals surface area contributed by atoms with Crippen LogP contribution in [-0.4, -0.2) is 36.0 Å². The van der Waals surface area contributed by atoms with Crippen LogP contribution in [0.15, 0.2) is 12.1 Å². The number of pyridine rings is 1. The van der Waals surface area contributed by atoms with Crippen LogP contribution >= 0.6 is 0 Å². The highest BCUT2D eigenvalue weighted by atomic mass is 16.5. The SMILES string of the molecule is CCOC(=O)C1c2nc(OC)ccc2NC1O. The number of aliphatic hydroxyl groups excluding tert-OH is 1. The Morgan fingerprint density at radius 1 is 1.59 bits per heavy atom. The van der Waals surface area contributed by atoms with Crippen LogP contribution in [0.1, 0.15) is 18.5 Å². The standard InChI is InChI=1S/C11H14N2O4/c1-3-17-11(15)8-9-6(12-10(8)14)4-5-7(13-9)16-2/h4-5,8,10,12,14H,3H2,1-2H3. The molecule has 0 amide bonds. The number of fused-ring (bicyclic) bond motifs is 1. The van der Waals surface area contributed by atoms with Gasteiger partial charge in [0.2, 0.25) is 5.88 Å². The number of ether oxygens (including phenoxy) is 2. The van der Waals surface area contributed by atoms with Crippen LogP contribution in [0.25, 0.3) is 0 Å². The highest BCUT2D eigenvalue weighted by molar-refractivity contribution is 5.83. The molecule has 0 saturated heterocycles. The molecule has 2 heterocycles. The number of rotatable bonds is 3. The molecule has 1 aliphatic rings. The first-order chi connectivity index (χ1) is 8.17. The van der Waals surface area contributed by atoms with Gasteiger partial charge in [-0.05, 0) is 13.0 Å². The van der Waals surface area contributed by atoms with Crippen molar-refractivity contribution in [2.75, 3.05) is 19.0 Å². The number of esters is 1. The zero-order valence-electron chi connectivity index (χ0n) is 9.64. The van der Waals surface area contributed by atoms with Crippen LogP contribution in [-0.2, 0) is 9.53 Å². The van der Waals surface area contributed by atoms with Crippen molar-refractivity contribution < 1.29 is 19.4 Å². The van der Waals surface area contributed by atoms with Gasteiger partial charge in [0, 0.05) is 6.07 Å². The topological polar surface area (TPSA) is 80.7 Å². The van der Waals surface area contributed by atoms with E-state index < -0.39 is 18.1 Å². The Labute approximate surface area is 98.6 Å². The van der Waals surface area contributed by atoms with Gasteiger partial charge in [0.25, 0.3) is 0 Å². The van der Waals surface area contributed by atoms with Crippen LogP contribution in [0.2, 0.25) is 0 Å². The Morgan fingerprint density at radius 2 is 2.35 bits per heavy atom. The third-order valence-corrected chi connectivity index (χ3v) is 2.56. The molecule has 6 nitrogen and oxygen atoms in total. The number of hydrogen-bond donors (Lipinski definition) is 2. The summed E-state index contributed by atoms with van der Waals surface area (Å²) < 4.78 is 9.90. The molecule has 1 aliphatic heterocycles. The minimum Gasteiger partial charge on any atom is -0.481 e. The number of nitrogens with zero attached hydrogens (tertiary/aromatic N) is 1. The van der Waals surface area contributed by atoms with E-state index in [0.29, 0.717) is 17.3 Å². The second kappa shape index (κ2) is 4.58. The molecule has 0 radical (unpaired) electrons. The fourth-order valence-electron chi connectivity index (χ4n) is 1.79. The monoisotopic (exact) mass is 238 g/mol. The van der Waals surface area contributed by atoms with E-state index in [1.807, 2.05) is 0 Å². The van der Waals surface area contributed by atoms with E-state index in [2.05, 4.69) is 10.3 Å². The second-order valence-electron chi connectivity index (χ2n) is 3.61. The average Bonchev–Trinajstić information content (AvgIpc) is 2.64. The molecule has 0 aromatic carbocycles. The van der Waals surface area contributed by atoms with Crippen molar-refractivity contribution in [2.24, 2.45) is 0 Å². The maximum Gasteiger partial charge on any atom is 0.319 e. The molecular formula is C11H14N2O4. The van der Waals surface area contributed by atoms with Crippen molar-refractivity contribution in [3.63, 3.8) is 0 Å². The molecule has 0 bridgehead atoms. The second-order valence-corrected chi connectivity index (χ2v) is 3.61. The van der Waals surface area contributed by atoms with Crippen LogP contribution in [0.5, 0.6) is 5.88 Å². The van der Waals surface area contributed by atoms with Crippen molar-refractivity contribution in [2.45, 2.75) is 19.1 Å². The van der Waals surface area contributed by atoms with Crippen molar-refractivity contribution in [1.29, 1.82) is 0 Å². The van der Waals surface area contributed by atoms with E-state index in [1.54, 1.807) is 19.1 Å². The summed E-state index contributed by atoms with van der Waals surface area (Å²) in [6, 6.07) is 3.37. The molecule has 0 spiro atoms.